The molecule has 1 amide bonds. The molecule has 2 N–H and O–H groups in total. The summed E-state index contributed by atoms with van der Waals surface area (Å²) >= 11 is 0. The van der Waals surface area contributed by atoms with E-state index in [1.54, 1.807) is 26.2 Å². The number of nitrogens with zero attached hydrogens (tertiary/aromatic N) is 1. The van der Waals surface area contributed by atoms with Gasteiger partial charge in [-0.1, -0.05) is 37.3 Å². The molecule has 2 unspecified atom stereocenters. The van der Waals surface area contributed by atoms with Gasteiger partial charge >= 0.3 is 0 Å². The van der Waals surface area contributed by atoms with E-state index in [0.29, 0.717) is 18.7 Å². The average Bonchev–Trinajstić information content (AvgIpc) is 2.69. The Morgan fingerprint density at radius 1 is 1.18 bits per heavy atom. The smallest absolute Gasteiger partial charge is 0.259 e. The van der Waals surface area contributed by atoms with E-state index >= 15 is 0 Å². The number of carbonyl (C=O) groups is 1. The van der Waals surface area contributed by atoms with Crippen molar-refractivity contribution in [3.63, 3.8) is 0 Å². The second-order valence-electron chi connectivity index (χ2n) is 6.97. The first-order chi connectivity index (χ1) is 13.4. The second kappa shape index (κ2) is 10.8. The molecular weight excluding hydrogens is 359 g/mol. The summed E-state index contributed by atoms with van der Waals surface area (Å²) < 4.78 is 18.7. The molecule has 0 aliphatic carbocycles. The molecule has 0 saturated carbocycles. The Hall–Kier alpha value is -2.44. The number of amides is 1. The Bertz CT molecular complexity index is 750. The zero-order valence-corrected chi connectivity index (χ0v) is 16.7. The number of para-hydroxylation sites is 1. The molecule has 0 aliphatic heterocycles. The van der Waals surface area contributed by atoms with Gasteiger partial charge in [-0.25, -0.2) is 4.39 Å². The summed E-state index contributed by atoms with van der Waals surface area (Å²) in [6.45, 7) is 2.42. The minimum Gasteiger partial charge on any atom is -0.483 e. The van der Waals surface area contributed by atoms with Crippen molar-refractivity contribution in [2.24, 2.45) is 0 Å². The summed E-state index contributed by atoms with van der Waals surface area (Å²) in [4.78, 5) is 13.3. The van der Waals surface area contributed by atoms with Crippen molar-refractivity contribution >= 4 is 5.91 Å². The van der Waals surface area contributed by atoms with Gasteiger partial charge in [0.1, 0.15) is 11.6 Å². The number of hydrogen-bond donors (Lipinski definition) is 2. The molecule has 28 heavy (non-hydrogen) atoms. The molecule has 0 spiro atoms. The predicted molar refractivity (Wildman–Crippen MR) is 108 cm³/mol. The number of halogens is 1. The SMILES string of the molecule is CCC(NCC(O)Cc1ccc(F)cc1)c1ccccc1OCC(=O)N(C)C. The maximum absolute atomic E-state index is 13.0. The molecule has 6 heteroatoms. The lowest BCUT2D eigenvalue weighted by Crippen LogP contribution is -2.32. The predicted octanol–water partition coefficient (Wildman–Crippen LogP) is 2.94. The van der Waals surface area contributed by atoms with Crippen LogP contribution in [0.2, 0.25) is 0 Å². The van der Waals surface area contributed by atoms with E-state index in [-0.39, 0.29) is 24.4 Å². The molecule has 0 bridgehead atoms. The van der Waals surface area contributed by atoms with Gasteiger partial charge in [0, 0.05) is 32.2 Å². The number of rotatable bonds is 10. The number of hydrogen-bond acceptors (Lipinski definition) is 4. The zero-order chi connectivity index (χ0) is 20.5. The highest BCUT2D eigenvalue weighted by atomic mass is 19.1. The molecule has 2 aromatic rings. The van der Waals surface area contributed by atoms with Crippen LogP contribution in [-0.2, 0) is 11.2 Å². The lowest BCUT2D eigenvalue weighted by atomic mass is 10.0. The van der Waals surface area contributed by atoms with Crippen LogP contribution in [0.3, 0.4) is 0 Å². The van der Waals surface area contributed by atoms with Crippen LogP contribution in [0, 0.1) is 5.82 Å². The Balaban J connectivity index is 1.96. The van der Waals surface area contributed by atoms with E-state index in [2.05, 4.69) is 5.32 Å². The first kappa shape index (κ1) is 21.9. The molecule has 5 nitrogen and oxygen atoms in total. The molecular formula is C22H29FN2O3. The standard InChI is InChI=1S/C22H29FN2O3/c1-4-20(24-14-18(26)13-16-9-11-17(23)12-10-16)19-7-5-6-8-21(19)28-15-22(27)25(2)3/h5-12,18,20,24,26H,4,13-15H2,1-3H3. The Morgan fingerprint density at radius 3 is 2.50 bits per heavy atom. The van der Waals surface area contributed by atoms with Gasteiger partial charge in [-0.15, -0.1) is 0 Å². The van der Waals surface area contributed by atoms with Crippen molar-refractivity contribution in [1.82, 2.24) is 10.2 Å². The van der Waals surface area contributed by atoms with Crippen LogP contribution >= 0.6 is 0 Å². The van der Waals surface area contributed by atoms with E-state index < -0.39 is 6.10 Å². The van der Waals surface area contributed by atoms with Crippen LogP contribution < -0.4 is 10.1 Å². The van der Waals surface area contributed by atoms with Crippen LogP contribution in [0.15, 0.2) is 48.5 Å². The van der Waals surface area contributed by atoms with Gasteiger partial charge in [-0.05, 0) is 36.6 Å². The van der Waals surface area contributed by atoms with Crippen LogP contribution in [0.5, 0.6) is 5.75 Å². The lowest BCUT2D eigenvalue weighted by molar-refractivity contribution is -0.130. The highest BCUT2D eigenvalue weighted by Gasteiger charge is 2.17. The molecule has 2 atom stereocenters. The number of ether oxygens (including phenoxy) is 1. The number of carbonyl (C=O) groups excluding carboxylic acids is 1. The molecule has 0 heterocycles. The van der Waals surface area contributed by atoms with Gasteiger partial charge in [-0.2, -0.15) is 0 Å². The van der Waals surface area contributed by atoms with Crippen molar-refractivity contribution < 1.29 is 19.0 Å². The first-order valence-electron chi connectivity index (χ1n) is 9.48. The molecule has 2 aromatic carbocycles. The number of aliphatic hydroxyl groups is 1. The van der Waals surface area contributed by atoms with Crippen molar-refractivity contribution in [3.05, 3.63) is 65.5 Å². The third-order valence-electron chi connectivity index (χ3n) is 4.54. The summed E-state index contributed by atoms with van der Waals surface area (Å²) in [7, 11) is 3.38. The first-order valence-corrected chi connectivity index (χ1v) is 9.48. The van der Waals surface area contributed by atoms with E-state index in [1.807, 2.05) is 31.2 Å². The number of nitrogens with one attached hydrogen (secondary N) is 1. The van der Waals surface area contributed by atoms with Crippen LogP contribution in [0.4, 0.5) is 4.39 Å². The number of benzene rings is 2. The highest BCUT2D eigenvalue weighted by Crippen LogP contribution is 2.27. The fourth-order valence-electron chi connectivity index (χ4n) is 2.89. The van der Waals surface area contributed by atoms with Gasteiger partial charge in [0.25, 0.3) is 5.91 Å². The quantitative estimate of drug-likeness (QED) is 0.657. The van der Waals surface area contributed by atoms with Crippen LogP contribution in [0.25, 0.3) is 0 Å². The fraction of sp³-hybridized carbons (Fsp3) is 0.409. The molecule has 0 radical (unpaired) electrons. The molecule has 0 saturated heterocycles. The Kier molecular flexibility index (Phi) is 8.42. The average molecular weight is 388 g/mol. The van der Waals surface area contributed by atoms with E-state index in [4.69, 9.17) is 4.74 Å². The highest BCUT2D eigenvalue weighted by molar-refractivity contribution is 5.77. The summed E-state index contributed by atoms with van der Waals surface area (Å²) in [5, 5.41) is 13.7. The summed E-state index contributed by atoms with van der Waals surface area (Å²) in [6.07, 6.45) is 0.646. The van der Waals surface area contributed by atoms with Gasteiger partial charge in [0.05, 0.1) is 6.10 Å². The monoisotopic (exact) mass is 388 g/mol. The molecule has 2 rings (SSSR count). The van der Waals surface area contributed by atoms with Gasteiger partial charge < -0.3 is 20.1 Å². The maximum Gasteiger partial charge on any atom is 0.259 e. The van der Waals surface area contributed by atoms with E-state index in [0.717, 1.165) is 17.5 Å². The molecule has 0 aromatic heterocycles. The summed E-state index contributed by atoms with van der Waals surface area (Å²) in [6, 6.07) is 13.7. The zero-order valence-electron chi connectivity index (χ0n) is 16.7. The number of aliphatic hydroxyl groups excluding tert-OH is 1. The van der Waals surface area contributed by atoms with Crippen molar-refractivity contribution in [2.45, 2.75) is 31.9 Å². The van der Waals surface area contributed by atoms with Crippen LogP contribution in [-0.4, -0.2) is 49.3 Å². The second-order valence-corrected chi connectivity index (χ2v) is 6.97. The summed E-state index contributed by atoms with van der Waals surface area (Å²) in [5.74, 6) is 0.266. The summed E-state index contributed by atoms with van der Waals surface area (Å²) in [5.41, 5.74) is 1.83. The lowest BCUT2D eigenvalue weighted by Gasteiger charge is -2.22. The third-order valence-corrected chi connectivity index (χ3v) is 4.54. The van der Waals surface area contributed by atoms with Gasteiger partial charge in [0.15, 0.2) is 6.61 Å². The Labute approximate surface area is 166 Å². The number of likely N-dealkylation sites (N-methyl/N-ethyl adjacent to an activating group) is 1. The minimum absolute atomic E-state index is 0.0199. The van der Waals surface area contributed by atoms with E-state index in [9.17, 15) is 14.3 Å². The third kappa shape index (κ3) is 6.62. The Morgan fingerprint density at radius 2 is 1.86 bits per heavy atom. The van der Waals surface area contributed by atoms with Crippen LogP contribution in [0.1, 0.15) is 30.5 Å². The van der Waals surface area contributed by atoms with Gasteiger partial charge in [-0.3, -0.25) is 4.79 Å². The van der Waals surface area contributed by atoms with Gasteiger partial charge in [0.2, 0.25) is 0 Å². The largest absolute Gasteiger partial charge is 0.483 e. The normalized spacial score (nSPS) is 13.0. The minimum atomic E-state index is -0.595. The van der Waals surface area contributed by atoms with E-state index in [1.165, 1.54) is 17.0 Å². The van der Waals surface area contributed by atoms with Crippen molar-refractivity contribution in [3.8, 4) is 5.75 Å². The molecule has 0 aliphatic rings. The topological polar surface area (TPSA) is 61.8 Å². The fourth-order valence-corrected chi connectivity index (χ4v) is 2.89. The molecule has 0 fully saturated rings. The maximum atomic E-state index is 13.0. The molecule has 152 valence electrons. The van der Waals surface area contributed by atoms with Crippen molar-refractivity contribution in [2.75, 3.05) is 27.2 Å². The van der Waals surface area contributed by atoms with Crippen molar-refractivity contribution in [1.29, 1.82) is 0 Å².